The van der Waals surface area contributed by atoms with Gasteiger partial charge in [-0.15, -0.1) is 0 Å². The Labute approximate surface area is 123 Å². The van der Waals surface area contributed by atoms with Crippen LogP contribution >= 0.6 is 11.6 Å². The number of benzene rings is 2. The molecule has 0 bridgehead atoms. The second-order valence-electron chi connectivity index (χ2n) is 4.73. The fourth-order valence-corrected chi connectivity index (χ4v) is 2.32. The van der Waals surface area contributed by atoms with Crippen LogP contribution in [0.15, 0.2) is 48.5 Å². The van der Waals surface area contributed by atoms with Crippen LogP contribution in [0.3, 0.4) is 0 Å². The molecule has 2 N–H and O–H groups in total. The van der Waals surface area contributed by atoms with Crippen LogP contribution in [0.2, 0.25) is 5.02 Å². The van der Waals surface area contributed by atoms with E-state index in [0.717, 1.165) is 17.5 Å². The second kappa shape index (κ2) is 7.39. The van der Waals surface area contributed by atoms with Gasteiger partial charge in [0.25, 0.3) is 0 Å². The third-order valence-electron chi connectivity index (χ3n) is 3.06. The van der Waals surface area contributed by atoms with Gasteiger partial charge in [-0.1, -0.05) is 41.9 Å². The van der Waals surface area contributed by atoms with Gasteiger partial charge in [0.05, 0.1) is 6.61 Å². The largest absolute Gasteiger partial charge is 0.395 e. The number of hydrogen-bond acceptors (Lipinski definition) is 2. The molecule has 0 aliphatic rings. The lowest BCUT2D eigenvalue weighted by Gasteiger charge is -2.16. The van der Waals surface area contributed by atoms with E-state index < -0.39 is 0 Å². The smallest absolute Gasteiger partial charge is 0.125 e. The first-order valence-electron chi connectivity index (χ1n) is 6.50. The lowest BCUT2D eigenvalue weighted by molar-refractivity contribution is 0.241. The van der Waals surface area contributed by atoms with Crippen molar-refractivity contribution >= 4 is 11.6 Å². The van der Waals surface area contributed by atoms with E-state index in [1.54, 1.807) is 6.07 Å². The monoisotopic (exact) mass is 293 g/mol. The molecular weight excluding hydrogens is 277 g/mol. The molecule has 0 aromatic heterocycles. The van der Waals surface area contributed by atoms with Gasteiger partial charge in [-0.25, -0.2) is 4.39 Å². The van der Waals surface area contributed by atoms with Crippen molar-refractivity contribution < 1.29 is 9.50 Å². The third kappa shape index (κ3) is 4.60. The number of aliphatic hydroxyl groups is 1. The van der Waals surface area contributed by atoms with Gasteiger partial charge in [-0.3, -0.25) is 0 Å². The first-order valence-corrected chi connectivity index (χ1v) is 6.88. The summed E-state index contributed by atoms with van der Waals surface area (Å²) in [4.78, 5) is 0. The molecule has 0 saturated carbocycles. The van der Waals surface area contributed by atoms with Gasteiger partial charge in [0.15, 0.2) is 0 Å². The fraction of sp³-hybridized carbons (Fsp3) is 0.250. The quantitative estimate of drug-likeness (QED) is 0.857. The summed E-state index contributed by atoms with van der Waals surface area (Å²) in [6.07, 6.45) is 0.723. The van der Waals surface area contributed by atoms with Crippen molar-refractivity contribution in [3.8, 4) is 0 Å². The van der Waals surface area contributed by atoms with Gasteiger partial charge in [-0.05, 0) is 35.7 Å². The van der Waals surface area contributed by atoms with E-state index in [2.05, 4.69) is 5.32 Å². The molecule has 0 spiro atoms. The van der Waals surface area contributed by atoms with Gasteiger partial charge in [-0.2, -0.15) is 0 Å². The molecule has 4 heteroatoms. The van der Waals surface area contributed by atoms with E-state index in [-0.39, 0.29) is 18.5 Å². The summed E-state index contributed by atoms with van der Waals surface area (Å²) < 4.78 is 13.2. The van der Waals surface area contributed by atoms with Crippen LogP contribution in [0.5, 0.6) is 0 Å². The predicted molar refractivity (Wildman–Crippen MR) is 79.3 cm³/mol. The third-order valence-corrected chi connectivity index (χ3v) is 3.28. The van der Waals surface area contributed by atoms with Crippen molar-refractivity contribution in [2.75, 3.05) is 6.61 Å². The van der Waals surface area contributed by atoms with Crippen LogP contribution in [0.25, 0.3) is 0 Å². The number of aliphatic hydroxyl groups excluding tert-OH is 1. The van der Waals surface area contributed by atoms with E-state index >= 15 is 0 Å². The van der Waals surface area contributed by atoms with Gasteiger partial charge in [0, 0.05) is 17.6 Å². The molecule has 2 nitrogen and oxygen atoms in total. The average Bonchev–Trinajstić information content (AvgIpc) is 2.43. The molecule has 2 aromatic carbocycles. The van der Waals surface area contributed by atoms with E-state index in [1.165, 1.54) is 12.1 Å². The number of nitrogens with one attached hydrogen (secondary N) is 1. The first kappa shape index (κ1) is 15.0. The molecule has 0 amide bonds. The highest BCUT2D eigenvalue weighted by molar-refractivity contribution is 6.30. The fourth-order valence-electron chi connectivity index (χ4n) is 2.08. The summed E-state index contributed by atoms with van der Waals surface area (Å²) in [5.41, 5.74) is 1.91. The molecule has 0 aliphatic heterocycles. The highest BCUT2D eigenvalue weighted by Crippen LogP contribution is 2.14. The summed E-state index contributed by atoms with van der Waals surface area (Å²) in [6.45, 7) is 0.494. The molecule has 2 rings (SSSR count). The maximum Gasteiger partial charge on any atom is 0.125 e. The van der Waals surface area contributed by atoms with Crippen LogP contribution in [-0.4, -0.2) is 17.8 Å². The molecule has 2 aromatic rings. The lowest BCUT2D eigenvalue weighted by atomic mass is 10.1. The Bertz CT molecular complexity index is 527. The summed E-state index contributed by atoms with van der Waals surface area (Å²) >= 11 is 5.81. The Hall–Kier alpha value is -1.42. The molecule has 0 unspecified atom stereocenters. The SMILES string of the molecule is OC[C@H](Cc1ccccc1)NCc1cc(F)cc(Cl)c1. The van der Waals surface area contributed by atoms with Gasteiger partial charge >= 0.3 is 0 Å². The predicted octanol–water partition coefficient (Wildman–Crippen LogP) is 3.17. The minimum Gasteiger partial charge on any atom is -0.395 e. The van der Waals surface area contributed by atoms with Crippen LogP contribution in [0.1, 0.15) is 11.1 Å². The van der Waals surface area contributed by atoms with Gasteiger partial charge < -0.3 is 10.4 Å². The van der Waals surface area contributed by atoms with Gasteiger partial charge in [0.2, 0.25) is 0 Å². The molecular formula is C16H17ClFNO. The van der Waals surface area contributed by atoms with Crippen molar-refractivity contribution in [2.24, 2.45) is 0 Å². The number of hydrogen-bond donors (Lipinski definition) is 2. The van der Waals surface area contributed by atoms with E-state index in [1.807, 2.05) is 30.3 Å². The van der Waals surface area contributed by atoms with E-state index in [9.17, 15) is 9.50 Å². The standard InChI is InChI=1S/C16H17ClFNO/c17-14-6-13(7-15(18)9-14)10-19-16(11-20)8-12-4-2-1-3-5-12/h1-7,9,16,19-20H,8,10-11H2/t16-/m0/s1. The number of halogens is 2. The lowest BCUT2D eigenvalue weighted by Crippen LogP contribution is -2.34. The topological polar surface area (TPSA) is 32.3 Å². The Morgan fingerprint density at radius 1 is 1.10 bits per heavy atom. The maximum atomic E-state index is 13.2. The van der Waals surface area contributed by atoms with Crippen molar-refractivity contribution in [3.05, 3.63) is 70.5 Å². The summed E-state index contributed by atoms with van der Waals surface area (Å²) in [6, 6.07) is 14.3. The molecule has 1 atom stereocenters. The van der Waals surface area contributed by atoms with Crippen LogP contribution in [0, 0.1) is 5.82 Å². The maximum absolute atomic E-state index is 13.2. The van der Waals surface area contributed by atoms with Crippen LogP contribution in [-0.2, 0) is 13.0 Å². The van der Waals surface area contributed by atoms with Crippen molar-refractivity contribution in [1.29, 1.82) is 0 Å². The molecule has 0 fully saturated rings. The Balaban J connectivity index is 1.93. The minimum absolute atomic E-state index is 0.0257. The first-order chi connectivity index (χ1) is 9.67. The van der Waals surface area contributed by atoms with Crippen molar-refractivity contribution in [3.63, 3.8) is 0 Å². The molecule has 20 heavy (non-hydrogen) atoms. The minimum atomic E-state index is -0.349. The average molecular weight is 294 g/mol. The molecule has 106 valence electrons. The number of rotatable bonds is 6. The zero-order chi connectivity index (χ0) is 14.4. The zero-order valence-electron chi connectivity index (χ0n) is 11.0. The van der Waals surface area contributed by atoms with Crippen molar-refractivity contribution in [2.45, 2.75) is 19.0 Å². The Kier molecular flexibility index (Phi) is 5.53. The Morgan fingerprint density at radius 2 is 1.85 bits per heavy atom. The van der Waals surface area contributed by atoms with Gasteiger partial charge in [0.1, 0.15) is 5.82 Å². The van der Waals surface area contributed by atoms with Crippen LogP contribution in [0.4, 0.5) is 4.39 Å². The van der Waals surface area contributed by atoms with Crippen LogP contribution < -0.4 is 5.32 Å². The van der Waals surface area contributed by atoms with Crippen molar-refractivity contribution in [1.82, 2.24) is 5.32 Å². The van der Waals surface area contributed by atoms with E-state index in [4.69, 9.17) is 11.6 Å². The van der Waals surface area contributed by atoms with E-state index in [0.29, 0.717) is 11.6 Å². The highest BCUT2D eigenvalue weighted by Gasteiger charge is 2.08. The molecule has 0 radical (unpaired) electrons. The summed E-state index contributed by atoms with van der Waals surface area (Å²) in [5.74, 6) is -0.349. The molecule has 0 heterocycles. The second-order valence-corrected chi connectivity index (χ2v) is 5.16. The summed E-state index contributed by atoms with van der Waals surface area (Å²) in [7, 11) is 0. The zero-order valence-corrected chi connectivity index (χ0v) is 11.8. The molecule has 0 aliphatic carbocycles. The normalized spacial score (nSPS) is 12.3. The Morgan fingerprint density at radius 3 is 2.50 bits per heavy atom. The highest BCUT2D eigenvalue weighted by atomic mass is 35.5. The molecule has 0 saturated heterocycles. The summed E-state index contributed by atoms with van der Waals surface area (Å²) in [5, 5.41) is 13.0.